The number of hydrogen-bond donors (Lipinski definition) is 1. The fourth-order valence-corrected chi connectivity index (χ4v) is 3.24. The van der Waals surface area contributed by atoms with Crippen LogP contribution in [0.4, 0.5) is 0 Å². The SMILES string of the molecule is Cc1ccc(Br)cc1CCN(C)CC1CCCNC1. The topological polar surface area (TPSA) is 15.3 Å². The van der Waals surface area contributed by atoms with Crippen LogP contribution in [-0.2, 0) is 6.42 Å². The van der Waals surface area contributed by atoms with Crippen molar-refractivity contribution in [1.29, 1.82) is 0 Å². The molecule has 1 saturated heterocycles. The van der Waals surface area contributed by atoms with Gasteiger partial charge in [-0.15, -0.1) is 0 Å². The van der Waals surface area contributed by atoms with Gasteiger partial charge in [0.1, 0.15) is 0 Å². The van der Waals surface area contributed by atoms with E-state index < -0.39 is 0 Å². The zero-order chi connectivity index (χ0) is 13.7. The van der Waals surface area contributed by atoms with E-state index in [4.69, 9.17) is 0 Å². The maximum Gasteiger partial charge on any atom is 0.0178 e. The Balaban J connectivity index is 1.79. The maximum absolute atomic E-state index is 3.56. The summed E-state index contributed by atoms with van der Waals surface area (Å²) in [7, 11) is 2.25. The largest absolute Gasteiger partial charge is 0.316 e. The Bertz CT molecular complexity index is 400. The van der Waals surface area contributed by atoms with Crippen LogP contribution in [0.15, 0.2) is 22.7 Å². The van der Waals surface area contributed by atoms with Gasteiger partial charge >= 0.3 is 0 Å². The van der Waals surface area contributed by atoms with Gasteiger partial charge in [0.25, 0.3) is 0 Å². The lowest BCUT2D eigenvalue weighted by Gasteiger charge is -2.27. The summed E-state index contributed by atoms with van der Waals surface area (Å²) in [6, 6.07) is 6.58. The maximum atomic E-state index is 3.56. The molecule has 0 spiro atoms. The Kier molecular flexibility index (Phi) is 5.86. The highest BCUT2D eigenvalue weighted by Crippen LogP contribution is 2.17. The lowest BCUT2D eigenvalue weighted by molar-refractivity contribution is 0.245. The minimum absolute atomic E-state index is 0.836. The third-order valence-corrected chi connectivity index (χ3v) is 4.54. The van der Waals surface area contributed by atoms with Crippen LogP contribution >= 0.6 is 15.9 Å². The Labute approximate surface area is 125 Å². The summed E-state index contributed by atoms with van der Waals surface area (Å²) in [5, 5.41) is 3.50. The molecule has 1 fully saturated rings. The summed E-state index contributed by atoms with van der Waals surface area (Å²) < 4.78 is 1.19. The molecule has 1 aromatic rings. The smallest absolute Gasteiger partial charge is 0.0178 e. The van der Waals surface area contributed by atoms with Crippen molar-refractivity contribution in [2.75, 3.05) is 33.2 Å². The molecule has 19 heavy (non-hydrogen) atoms. The van der Waals surface area contributed by atoms with Crippen LogP contribution in [0.3, 0.4) is 0 Å². The molecule has 2 nitrogen and oxygen atoms in total. The molecule has 3 heteroatoms. The zero-order valence-electron chi connectivity index (χ0n) is 12.1. The fraction of sp³-hybridized carbons (Fsp3) is 0.625. The van der Waals surface area contributed by atoms with Gasteiger partial charge in [0.05, 0.1) is 0 Å². The minimum Gasteiger partial charge on any atom is -0.316 e. The Hall–Kier alpha value is -0.380. The van der Waals surface area contributed by atoms with Gasteiger partial charge in [-0.25, -0.2) is 0 Å². The number of nitrogens with zero attached hydrogens (tertiary/aromatic N) is 1. The predicted molar refractivity (Wildman–Crippen MR) is 85.7 cm³/mol. The number of aryl methyl sites for hydroxylation is 1. The molecule has 1 aromatic carbocycles. The van der Waals surface area contributed by atoms with Crippen molar-refractivity contribution < 1.29 is 0 Å². The summed E-state index contributed by atoms with van der Waals surface area (Å²) in [4.78, 5) is 2.48. The van der Waals surface area contributed by atoms with E-state index in [0.717, 1.165) is 18.9 Å². The summed E-state index contributed by atoms with van der Waals surface area (Å²) in [5.41, 5.74) is 2.86. The summed E-state index contributed by atoms with van der Waals surface area (Å²) in [5.74, 6) is 0.836. The fourth-order valence-electron chi connectivity index (χ4n) is 2.83. The molecule has 1 N–H and O–H groups in total. The van der Waals surface area contributed by atoms with Gasteiger partial charge in [-0.3, -0.25) is 0 Å². The van der Waals surface area contributed by atoms with Crippen molar-refractivity contribution in [2.24, 2.45) is 5.92 Å². The van der Waals surface area contributed by atoms with Gasteiger partial charge in [-0.1, -0.05) is 22.0 Å². The quantitative estimate of drug-likeness (QED) is 0.894. The first-order valence-corrected chi connectivity index (χ1v) is 8.09. The molecule has 1 aliphatic rings. The van der Waals surface area contributed by atoms with Gasteiger partial charge in [0.2, 0.25) is 0 Å². The second-order valence-electron chi connectivity index (χ2n) is 5.80. The summed E-state index contributed by atoms with van der Waals surface area (Å²) >= 11 is 3.56. The second kappa shape index (κ2) is 7.41. The van der Waals surface area contributed by atoms with E-state index in [-0.39, 0.29) is 0 Å². The Morgan fingerprint density at radius 2 is 2.26 bits per heavy atom. The number of rotatable bonds is 5. The highest BCUT2D eigenvalue weighted by molar-refractivity contribution is 9.10. The van der Waals surface area contributed by atoms with Gasteiger partial charge < -0.3 is 10.2 Å². The van der Waals surface area contributed by atoms with Crippen LogP contribution in [-0.4, -0.2) is 38.1 Å². The van der Waals surface area contributed by atoms with E-state index in [0.29, 0.717) is 0 Å². The molecular weight excluding hydrogens is 300 g/mol. The average molecular weight is 325 g/mol. The van der Waals surface area contributed by atoms with Crippen LogP contribution in [0.25, 0.3) is 0 Å². The minimum atomic E-state index is 0.836. The molecule has 0 saturated carbocycles. The van der Waals surface area contributed by atoms with Gasteiger partial charge in [-0.2, -0.15) is 0 Å². The molecule has 106 valence electrons. The first-order valence-electron chi connectivity index (χ1n) is 7.29. The van der Waals surface area contributed by atoms with E-state index >= 15 is 0 Å². The number of likely N-dealkylation sites (N-methyl/N-ethyl adjacent to an activating group) is 1. The van der Waals surface area contributed by atoms with E-state index in [1.807, 2.05) is 0 Å². The monoisotopic (exact) mass is 324 g/mol. The van der Waals surface area contributed by atoms with E-state index in [2.05, 4.69) is 58.3 Å². The lowest BCUT2D eigenvalue weighted by Crippen LogP contribution is -2.37. The summed E-state index contributed by atoms with van der Waals surface area (Å²) in [6.07, 6.45) is 3.86. The van der Waals surface area contributed by atoms with Crippen LogP contribution in [0.1, 0.15) is 24.0 Å². The number of hydrogen-bond acceptors (Lipinski definition) is 2. The Morgan fingerprint density at radius 1 is 1.42 bits per heavy atom. The highest BCUT2D eigenvalue weighted by atomic mass is 79.9. The molecule has 1 unspecified atom stereocenters. The first kappa shape index (κ1) is 15.0. The van der Waals surface area contributed by atoms with Crippen LogP contribution in [0.5, 0.6) is 0 Å². The second-order valence-corrected chi connectivity index (χ2v) is 6.71. The third-order valence-electron chi connectivity index (χ3n) is 4.04. The van der Waals surface area contributed by atoms with Gasteiger partial charge in [0.15, 0.2) is 0 Å². The van der Waals surface area contributed by atoms with Gasteiger partial charge in [-0.05, 0) is 75.5 Å². The van der Waals surface area contributed by atoms with E-state index in [1.165, 1.54) is 48.1 Å². The van der Waals surface area contributed by atoms with Crippen LogP contribution in [0, 0.1) is 12.8 Å². The van der Waals surface area contributed by atoms with Crippen molar-refractivity contribution >= 4 is 15.9 Å². The zero-order valence-corrected chi connectivity index (χ0v) is 13.7. The standard InChI is InChI=1S/C16H25BrN2/c1-13-5-6-16(17)10-15(13)7-9-19(2)12-14-4-3-8-18-11-14/h5-6,10,14,18H,3-4,7-9,11-12H2,1-2H3. The Morgan fingerprint density at radius 3 is 3.00 bits per heavy atom. The number of benzene rings is 1. The normalized spacial score (nSPS) is 19.9. The van der Waals surface area contributed by atoms with E-state index in [9.17, 15) is 0 Å². The molecule has 0 radical (unpaired) electrons. The van der Waals surface area contributed by atoms with Crippen molar-refractivity contribution in [3.8, 4) is 0 Å². The number of nitrogens with one attached hydrogen (secondary N) is 1. The van der Waals surface area contributed by atoms with Crippen molar-refractivity contribution in [1.82, 2.24) is 10.2 Å². The van der Waals surface area contributed by atoms with Crippen molar-refractivity contribution in [2.45, 2.75) is 26.2 Å². The molecule has 1 atom stereocenters. The van der Waals surface area contributed by atoms with Crippen LogP contribution in [0.2, 0.25) is 0 Å². The van der Waals surface area contributed by atoms with Crippen molar-refractivity contribution in [3.63, 3.8) is 0 Å². The molecule has 0 aliphatic carbocycles. The summed E-state index contributed by atoms with van der Waals surface area (Å²) in [6.45, 7) is 6.97. The molecule has 0 aromatic heterocycles. The van der Waals surface area contributed by atoms with Crippen LogP contribution < -0.4 is 5.32 Å². The lowest BCUT2D eigenvalue weighted by atomic mass is 9.99. The average Bonchev–Trinajstić information content (AvgIpc) is 2.41. The molecule has 1 aliphatic heterocycles. The van der Waals surface area contributed by atoms with Gasteiger partial charge in [0, 0.05) is 17.6 Å². The molecule has 1 heterocycles. The molecule has 2 rings (SSSR count). The third kappa shape index (κ3) is 4.90. The highest BCUT2D eigenvalue weighted by Gasteiger charge is 2.14. The number of piperidine rings is 1. The van der Waals surface area contributed by atoms with Crippen molar-refractivity contribution in [3.05, 3.63) is 33.8 Å². The number of halogens is 1. The molecule has 0 amide bonds. The molecular formula is C16H25BrN2. The molecule has 0 bridgehead atoms. The predicted octanol–water partition coefficient (Wildman–Crippen LogP) is 3.23. The van der Waals surface area contributed by atoms with E-state index in [1.54, 1.807) is 0 Å². The first-order chi connectivity index (χ1) is 9.15.